The molecule has 0 saturated heterocycles. The molecule has 0 saturated carbocycles. The largest absolute Gasteiger partial charge is 0.370 e. The maximum absolute atomic E-state index is 12.8. The van der Waals surface area contributed by atoms with Crippen molar-refractivity contribution in [3.63, 3.8) is 0 Å². The maximum Gasteiger partial charge on any atom is 0.253 e. The number of amides is 2. The summed E-state index contributed by atoms with van der Waals surface area (Å²) >= 11 is 0. The fourth-order valence-electron chi connectivity index (χ4n) is 2.69. The number of rotatable bonds is 8. The van der Waals surface area contributed by atoms with Gasteiger partial charge in [0, 0.05) is 37.9 Å². The second kappa shape index (κ2) is 9.42. The van der Waals surface area contributed by atoms with E-state index in [2.05, 4.69) is 15.4 Å². The molecule has 0 aliphatic carbocycles. The average Bonchev–Trinajstić information content (AvgIpc) is 2.65. The van der Waals surface area contributed by atoms with Crippen LogP contribution in [0.4, 0.5) is 17.1 Å². The lowest BCUT2D eigenvalue weighted by Crippen LogP contribution is -2.40. The average molecular weight is 419 g/mol. The Kier molecular flexibility index (Phi) is 7.22. The van der Waals surface area contributed by atoms with Crippen LogP contribution < -0.4 is 20.3 Å². The molecule has 0 aromatic heterocycles. The Balaban J connectivity index is 2.17. The molecule has 0 aliphatic rings. The predicted molar refractivity (Wildman–Crippen MR) is 116 cm³/mol. The highest BCUT2D eigenvalue weighted by Crippen LogP contribution is 2.22. The van der Waals surface area contributed by atoms with Crippen molar-refractivity contribution < 1.29 is 18.0 Å². The first-order chi connectivity index (χ1) is 13.6. The summed E-state index contributed by atoms with van der Waals surface area (Å²) in [7, 11) is -1.64. The molecule has 0 aliphatic heterocycles. The second-order valence-corrected chi connectivity index (χ2v) is 8.57. The Morgan fingerprint density at radius 1 is 1.10 bits per heavy atom. The van der Waals surface area contributed by atoms with E-state index in [1.807, 2.05) is 49.2 Å². The van der Waals surface area contributed by atoms with E-state index in [1.54, 1.807) is 0 Å². The summed E-state index contributed by atoms with van der Waals surface area (Å²) in [5.41, 5.74) is 1.68. The number of nitrogens with zero attached hydrogens (tertiary/aromatic N) is 1. The van der Waals surface area contributed by atoms with Gasteiger partial charge in [-0.1, -0.05) is 18.2 Å². The molecule has 1 unspecified atom stereocenters. The highest BCUT2D eigenvalue weighted by Gasteiger charge is 2.17. The summed E-state index contributed by atoms with van der Waals surface area (Å²) in [4.78, 5) is 26.1. The van der Waals surface area contributed by atoms with Crippen LogP contribution in [-0.2, 0) is 14.8 Å². The molecular formula is C20H26N4O4S. The number of carbonyl (C=O) groups is 2. The Bertz CT molecular complexity index is 977. The number of hydrogen-bond donors (Lipinski definition) is 3. The minimum atomic E-state index is -3.58. The minimum absolute atomic E-state index is 0.00815. The van der Waals surface area contributed by atoms with E-state index in [1.165, 1.54) is 25.1 Å². The lowest BCUT2D eigenvalue weighted by Gasteiger charge is -2.27. The molecular weight excluding hydrogens is 392 g/mol. The van der Waals surface area contributed by atoms with E-state index in [0.29, 0.717) is 12.2 Å². The maximum atomic E-state index is 12.8. The van der Waals surface area contributed by atoms with E-state index >= 15 is 0 Å². The molecule has 2 rings (SSSR count). The number of hydrogen-bond acceptors (Lipinski definition) is 5. The lowest BCUT2D eigenvalue weighted by molar-refractivity contribution is -0.114. The highest BCUT2D eigenvalue weighted by atomic mass is 32.2. The molecule has 2 aromatic carbocycles. The fourth-order valence-corrected chi connectivity index (χ4v) is 3.27. The lowest BCUT2D eigenvalue weighted by atomic mass is 10.1. The first-order valence-corrected chi connectivity index (χ1v) is 10.9. The molecule has 29 heavy (non-hydrogen) atoms. The Morgan fingerprint density at radius 3 is 2.34 bits per heavy atom. The van der Waals surface area contributed by atoms with Crippen LogP contribution in [0.25, 0.3) is 0 Å². The van der Waals surface area contributed by atoms with Gasteiger partial charge in [0.2, 0.25) is 15.9 Å². The smallest absolute Gasteiger partial charge is 0.253 e. The quantitative estimate of drug-likeness (QED) is 0.610. The minimum Gasteiger partial charge on any atom is -0.370 e. The van der Waals surface area contributed by atoms with Crippen molar-refractivity contribution in [3.8, 4) is 0 Å². The molecule has 0 fully saturated rings. The van der Waals surface area contributed by atoms with Crippen molar-refractivity contribution in [2.75, 3.05) is 34.8 Å². The zero-order valence-corrected chi connectivity index (χ0v) is 17.7. The predicted octanol–water partition coefficient (Wildman–Crippen LogP) is 2.27. The van der Waals surface area contributed by atoms with Gasteiger partial charge in [-0.15, -0.1) is 0 Å². The normalized spacial score (nSPS) is 12.0. The number of para-hydroxylation sites is 1. The van der Waals surface area contributed by atoms with Gasteiger partial charge in [0.15, 0.2) is 0 Å². The number of nitrogens with one attached hydrogen (secondary N) is 3. The first kappa shape index (κ1) is 22.2. The number of sulfonamides is 1. The van der Waals surface area contributed by atoms with Crippen molar-refractivity contribution in [1.29, 1.82) is 0 Å². The molecule has 8 nitrogen and oxygen atoms in total. The summed E-state index contributed by atoms with van der Waals surface area (Å²) in [6.45, 7) is 3.66. The van der Waals surface area contributed by atoms with Crippen LogP contribution in [0.2, 0.25) is 0 Å². The van der Waals surface area contributed by atoms with Crippen molar-refractivity contribution in [3.05, 3.63) is 54.1 Å². The van der Waals surface area contributed by atoms with Gasteiger partial charge in [0.1, 0.15) is 0 Å². The standard InChI is InChI=1S/C20H26N4O4S/c1-14(24(3)17-8-6-5-7-9-17)13-21-20(26)18-12-16(22-15(2)25)10-11-19(18)23-29(4,27)28/h5-12,14,23H,13H2,1-4H3,(H,21,26)(H,22,25). The number of anilines is 3. The van der Waals surface area contributed by atoms with E-state index in [-0.39, 0.29) is 23.2 Å². The van der Waals surface area contributed by atoms with Crippen LogP contribution >= 0.6 is 0 Å². The van der Waals surface area contributed by atoms with Crippen molar-refractivity contribution in [2.24, 2.45) is 0 Å². The van der Waals surface area contributed by atoms with Crippen molar-refractivity contribution in [2.45, 2.75) is 19.9 Å². The van der Waals surface area contributed by atoms with E-state index in [4.69, 9.17) is 0 Å². The molecule has 2 amide bonds. The van der Waals surface area contributed by atoms with E-state index in [9.17, 15) is 18.0 Å². The van der Waals surface area contributed by atoms with Crippen LogP contribution in [-0.4, -0.2) is 46.1 Å². The Labute approximate surface area is 171 Å². The number of likely N-dealkylation sites (N-methyl/N-ethyl adjacent to an activating group) is 1. The number of carbonyl (C=O) groups excluding carboxylic acids is 2. The second-order valence-electron chi connectivity index (χ2n) is 6.82. The number of benzene rings is 2. The molecule has 9 heteroatoms. The van der Waals surface area contributed by atoms with Gasteiger partial charge < -0.3 is 15.5 Å². The summed E-state index contributed by atoms with van der Waals surface area (Å²) < 4.78 is 25.6. The van der Waals surface area contributed by atoms with Crippen LogP contribution in [0.3, 0.4) is 0 Å². The fraction of sp³-hybridized carbons (Fsp3) is 0.300. The Hall–Kier alpha value is -3.07. The van der Waals surface area contributed by atoms with Crippen LogP contribution in [0.15, 0.2) is 48.5 Å². The zero-order chi connectivity index (χ0) is 21.6. The zero-order valence-electron chi connectivity index (χ0n) is 16.9. The van der Waals surface area contributed by atoms with Gasteiger partial charge in [-0.05, 0) is 37.3 Å². The molecule has 0 spiro atoms. The highest BCUT2D eigenvalue weighted by molar-refractivity contribution is 7.92. The molecule has 2 aromatic rings. The topological polar surface area (TPSA) is 108 Å². The summed E-state index contributed by atoms with van der Waals surface area (Å²) in [6, 6.07) is 14.2. The monoisotopic (exact) mass is 418 g/mol. The SMILES string of the molecule is CC(=O)Nc1ccc(NS(C)(=O)=O)c(C(=O)NCC(C)N(C)c2ccccc2)c1. The molecule has 0 radical (unpaired) electrons. The van der Waals surface area contributed by atoms with Gasteiger partial charge in [0.25, 0.3) is 5.91 Å². The molecule has 0 heterocycles. The van der Waals surface area contributed by atoms with Crippen molar-refractivity contribution >= 4 is 38.9 Å². The third kappa shape index (κ3) is 6.79. The van der Waals surface area contributed by atoms with E-state index < -0.39 is 15.9 Å². The summed E-state index contributed by atoms with van der Waals surface area (Å²) in [5, 5.41) is 5.42. The Morgan fingerprint density at radius 2 is 1.76 bits per heavy atom. The molecule has 1 atom stereocenters. The van der Waals surface area contributed by atoms with E-state index in [0.717, 1.165) is 11.9 Å². The van der Waals surface area contributed by atoms with Gasteiger partial charge in [-0.3, -0.25) is 14.3 Å². The van der Waals surface area contributed by atoms with Crippen LogP contribution in [0, 0.1) is 0 Å². The van der Waals surface area contributed by atoms with Crippen LogP contribution in [0.1, 0.15) is 24.2 Å². The van der Waals surface area contributed by atoms with Gasteiger partial charge >= 0.3 is 0 Å². The summed E-state index contributed by atoms with van der Waals surface area (Å²) in [6.07, 6.45) is 1.01. The molecule has 156 valence electrons. The first-order valence-electron chi connectivity index (χ1n) is 9.02. The third-order valence-corrected chi connectivity index (χ3v) is 4.85. The van der Waals surface area contributed by atoms with Gasteiger partial charge in [0.05, 0.1) is 17.5 Å². The summed E-state index contributed by atoms with van der Waals surface area (Å²) in [5.74, 6) is -0.741. The van der Waals surface area contributed by atoms with Gasteiger partial charge in [-0.25, -0.2) is 8.42 Å². The van der Waals surface area contributed by atoms with Crippen LogP contribution in [0.5, 0.6) is 0 Å². The third-order valence-electron chi connectivity index (χ3n) is 4.26. The van der Waals surface area contributed by atoms with Crippen molar-refractivity contribution in [1.82, 2.24) is 5.32 Å². The van der Waals surface area contributed by atoms with Gasteiger partial charge in [-0.2, -0.15) is 0 Å². The molecule has 3 N–H and O–H groups in total. The molecule has 0 bridgehead atoms.